The van der Waals surface area contributed by atoms with Gasteiger partial charge in [-0.1, -0.05) is 24.0 Å². The molecule has 1 saturated carbocycles. The van der Waals surface area contributed by atoms with Gasteiger partial charge >= 0.3 is 0 Å². The Morgan fingerprint density at radius 2 is 2.00 bits per heavy atom. The fourth-order valence-corrected chi connectivity index (χ4v) is 3.09. The van der Waals surface area contributed by atoms with E-state index in [-0.39, 0.29) is 6.61 Å². The lowest BCUT2D eigenvalue weighted by molar-refractivity contribution is 0.0259. The minimum atomic E-state index is -0.0878. The summed E-state index contributed by atoms with van der Waals surface area (Å²) >= 11 is 0. The van der Waals surface area contributed by atoms with Gasteiger partial charge in [0.15, 0.2) is 0 Å². The van der Waals surface area contributed by atoms with Gasteiger partial charge in [0.1, 0.15) is 6.61 Å². The number of hydrogen-bond acceptors (Lipinski definition) is 3. The summed E-state index contributed by atoms with van der Waals surface area (Å²) in [5.74, 6) is 5.67. The van der Waals surface area contributed by atoms with E-state index in [1.54, 1.807) is 0 Å². The third-order valence-corrected chi connectivity index (χ3v) is 4.49. The SMILES string of the molecule is CN(Cc1cccc(C#CCO)c1)CC1(N(C)C)CCC1. The van der Waals surface area contributed by atoms with Gasteiger partial charge in [-0.3, -0.25) is 0 Å². The highest BCUT2D eigenvalue weighted by molar-refractivity contribution is 5.37. The van der Waals surface area contributed by atoms with Gasteiger partial charge in [0.05, 0.1) is 0 Å². The molecular weight excluding hydrogens is 260 g/mol. The standard InChI is InChI=1S/C18H26N2O/c1-19(2)18(10-6-11-18)15-20(3)14-17-8-4-7-16(13-17)9-5-12-21/h4,7-8,13,21H,6,10-12,14-15H2,1-3H3. The second kappa shape index (κ2) is 7.09. The molecule has 3 heteroatoms. The van der Waals surface area contributed by atoms with Crippen LogP contribution in [0.25, 0.3) is 0 Å². The summed E-state index contributed by atoms with van der Waals surface area (Å²) in [6.07, 6.45) is 3.94. The molecule has 1 fully saturated rings. The molecule has 1 aliphatic rings. The summed E-state index contributed by atoms with van der Waals surface area (Å²) in [7, 11) is 6.58. The van der Waals surface area contributed by atoms with E-state index in [4.69, 9.17) is 5.11 Å². The van der Waals surface area contributed by atoms with Crippen molar-refractivity contribution >= 4 is 0 Å². The molecule has 21 heavy (non-hydrogen) atoms. The summed E-state index contributed by atoms with van der Waals surface area (Å²) in [5.41, 5.74) is 2.61. The molecule has 0 saturated heterocycles. The second-order valence-electron chi connectivity index (χ2n) is 6.30. The summed E-state index contributed by atoms with van der Waals surface area (Å²) in [6, 6.07) is 8.28. The fraction of sp³-hybridized carbons (Fsp3) is 0.556. The zero-order valence-corrected chi connectivity index (χ0v) is 13.4. The number of aliphatic hydroxyl groups excluding tert-OH is 1. The molecule has 3 nitrogen and oxygen atoms in total. The number of nitrogens with zero attached hydrogens (tertiary/aromatic N) is 2. The van der Waals surface area contributed by atoms with Crippen molar-refractivity contribution in [3.8, 4) is 11.8 Å². The first-order valence-corrected chi connectivity index (χ1v) is 7.60. The zero-order valence-electron chi connectivity index (χ0n) is 13.4. The van der Waals surface area contributed by atoms with Crippen molar-refractivity contribution < 1.29 is 5.11 Å². The Balaban J connectivity index is 1.98. The highest BCUT2D eigenvalue weighted by Gasteiger charge is 2.39. The maximum Gasteiger partial charge on any atom is 0.104 e. The highest BCUT2D eigenvalue weighted by Crippen LogP contribution is 2.36. The summed E-state index contributed by atoms with van der Waals surface area (Å²) < 4.78 is 0. The van der Waals surface area contributed by atoms with Crippen molar-refractivity contribution in [1.29, 1.82) is 0 Å². The molecule has 0 aliphatic heterocycles. The summed E-state index contributed by atoms with van der Waals surface area (Å²) in [5, 5.41) is 8.77. The lowest BCUT2D eigenvalue weighted by Crippen LogP contribution is -2.56. The first kappa shape index (κ1) is 16.0. The molecule has 0 bridgehead atoms. The van der Waals surface area contributed by atoms with E-state index in [0.717, 1.165) is 18.7 Å². The minimum absolute atomic E-state index is 0.0878. The maximum atomic E-state index is 8.77. The summed E-state index contributed by atoms with van der Waals surface area (Å²) in [6.45, 7) is 1.95. The predicted molar refractivity (Wildman–Crippen MR) is 87.0 cm³/mol. The molecule has 1 aromatic carbocycles. The van der Waals surface area contributed by atoms with Crippen LogP contribution < -0.4 is 0 Å². The number of rotatable bonds is 5. The maximum absolute atomic E-state index is 8.77. The Bertz CT molecular complexity index is 524. The van der Waals surface area contributed by atoms with E-state index in [1.165, 1.54) is 24.8 Å². The average molecular weight is 286 g/mol. The van der Waals surface area contributed by atoms with Gasteiger partial charge in [0, 0.05) is 24.2 Å². The van der Waals surface area contributed by atoms with Crippen LogP contribution in [0.15, 0.2) is 24.3 Å². The van der Waals surface area contributed by atoms with Gasteiger partial charge in [0.25, 0.3) is 0 Å². The van der Waals surface area contributed by atoms with Crippen molar-refractivity contribution in [3.05, 3.63) is 35.4 Å². The molecule has 0 amide bonds. The van der Waals surface area contributed by atoms with Crippen LogP contribution in [0.4, 0.5) is 0 Å². The lowest BCUT2D eigenvalue weighted by atomic mass is 9.75. The van der Waals surface area contributed by atoms with E-state index in [2.05, 4.69) is 54.9 Å². The Kier molecular flexibility index (Phi) is 5.41. The quantitative estimate of drug-likeness (QED) is 0.838. The Morgan fingerprint density at radius 3 is 2.57 bits per heavy atom. The van der Waals surface area contributed by atoms with Gasteiger partial charge in [0.2, 0.25) is 0 Å². The van der Waals surface area contributed by atoms with Crippen molar-refractivity contribution in [2.45, 2.75) is 31.3 Å². The van der Waals surface area contributed by atoms with E-state index in [9.17, 15) is 0 Å². The Hall–Kier alpha value is -1.34. The van der Waals surface area contributed by atoms with Crippen LogP contribution in [-0.2, 0) is 6.54 Å². The predicted octanol–water partition coefficient (Wildman–Crippen LogP) is 1.95. The smallest absolute Gasteiger partial charge is 0.104 e. The van der Waals surface area contributed by atoms with Crippen LogP contribution in [0.3, 0.4) is 0 Å². The molecule has 0 atom stereocenters. The van der Waals surface area contributed by atoms with Crippen molar-refractivity contribution in [2.75, 3.05) is 34.3 Å². The molecule has 0 radical (unpaired) electrons. The van der Waals surface area contributed by atoms with Crippen LogP contribution in [0.1, 0.15) is 30.4 Å². The Morgan fingerprint density at radius 1 is 1.24 bits per heavy atom. The Labute approximate surface area is 128 Å². The molecule has 0 spiro atoms. The topological polar surface area (TPSA) is 26.7 Å². The summed E-state index contributed by atoms with van der Waals surface area (Å²) in [4.78, 5) is 4.79. The number of benzene rings is 1. The van der Waals surface area contributed by atoms with Gasteiger partial charge in [-0.05, 0) is 58.1 Å². The largest absolute Gasteiger partial charge is 0.384 e. The molecule has 1 aliphatic carbocycles. The van der Waals surface area contributed by atoms with Crippen molar-refractivity contribution in [1.82, 2.24) is 9.80 Å². The van der Waals surface area contributed by atoms with Gasteiger partial charge < -0.3 is 14.9 Å². The van der Waals surface area contributed by atoms with Crippen LogP contribution >= 0.6 is 0 Å². The highest BCUT2D eigenvalue weighted by atomic mass is 16.2. The van der Waals surface area contributed by atoms with Crippen molar-refractivity contribution in [2.24, 2.45) is 0 Å². The van der Waals surface area contributed by atoms with E-state index >= 15 is 0 Å². The third-order valence-electron chi connectivity index (χ3n) is 4.49. The number of likely N-dealkylation sites (N-methyl/N-ethyl adjacent to an activating group) is 2. The third kappa shape index (κ3) is 4.07. The van der Waals surface area contributed by atoms with Crippen LogP contribution in [0, 0.1) is 11.8 Å². The van der Waals surface area contributed by atoms with E-state index in [0.29, 0.717) is 5.54 Å². The lowest BCUT2D eigenvalue weighted by Gasteiger charge is -2.49. The van der Waals surface area contributed by atoms with Crippen LogP contribution in [-0.4, -0.2) is 54.7 Å². The first-order chi connectivity index (χ1) is 10.1. The first-order valence-electron chi connectivity index (χ1n) is 7.60. The molecule has 114 valence electrons. The number of hydrogen-bond donors (Lipinski definition) is 1. The van der Waals surface area contributed by atoms with Gasteiger partial charge in [-0.2, -0.15) is 0 Å². The van der Waals surface area contributed by atoms with Crippen LogP contribution in [0.5, 0.6) is 0 Å². The molecular formula is C18H26N2O. The zero-order chi connectivity index (χ0) is 15.3. The second-order valence-corrected chi connectivity index (χ2v) is 6.30. The van der Waals surface area contributed by atoms with E-state index in [1.807, 2.05) is 12.1 Å². The van der Waals surface area contributed by atoms with Gasteiger partial charge in [-0.15, -0.1) is 0 Å². The fourth-order valence-electron chi connectivity index (χ4n) is 3.09. The minimum Gasteiger partial charge on any atom is -0.384 e. The van der Waals surface area contributed by atoms with Crippen molar-refractivity contribution in [3.63, 3.8) is 0 Å². The molecule has 1 N–H and O–H groups in total. The molecule has 0 heterocycles. The van der Waals surface area contributed by atoms with E-state index < -0.39 is 0 Å². The average Bonchev–Trinajstić information content (AvgIpc) is 2.40. The molecule has 0 aromatic heterocycles. The molecule has 0 unspecified atom stereocenters. The molecule has 2 rings (SSSR count). The molecule has 1 aromatic rings. The van der Waals surface area contributed by atoms with Gasteiger partial charge in [-0.25, -0.2) is 0 Å². The number of aliphatic hydroxyl groups is 1. The monoisotopic (exact) mass is 286 g/mol. The normalized spacial score (nSPS) is 16.5. The van der Waals surface area contributed by atoms with Crippen LogP contribution in [0.2, 0.25) is 0 Å².